The van der Waals surface area contributed by atoms with Gasteiger partial charge in [0.2, 0.25) is 0 Å². The molecule has 0 spiro atoms. The van der Waals surface area contributed by atoms with Gasteiger partial charge in [0.15, 0.2) is 18.1 Å². The summed E-state index contributed by atoms with van der Waals surface area (Å²) in [5.74, 6) is -0.923. The van der Waals surface area contributed by atoms with Crippen LogP contribution < -0.4 is 9.47 Å². The number of hydrogen-bond acceptors (Lipinski definition) is 6. The zero-order valence-electron chi connectivity index (χ0n) is 14.0. The molecule has 2 rings (SSSR count). The fourth-order valence-corrected chi connectivity index (χ4v) is 2.50. The molecule has 8 nitrogen and oxygen atoms in total. The van der Waals surface area contributed by atoms with Gasteiger partial charge in [0, 0.05) is 12.1 Å². The van der Waals surface area contributed by atoms with Gasteiger partial charge in [-0.25, -0.2) is 4.79 Å². The second-order valence-electron chi connectivity index (χ2n) is 5.19. The van der Waals surface area contributed by atoms with Crippen molar-refractivity contribution in [3.8, 4) is 17.6 Å². The van der Waals surface area contributed by atoms with Gasteiger partial charge in [0.05, 0.1) is 28.7 Å². The van der Waals surface area contributed by atoms with Crippen molar-refractivity contribution < 1.29 is 24.3 Å². The summed E-state index contributed by atoms with van der Waals surface area (Å²) in [5.41, 5.74) is 0.883. The first-order valence-electron chi connectivity index (χ1n) is 7.44. The number of halogens is 1. The van der Waals surface area contributed by atoms with Crippen molar-refractivity contribution in [1.82, 2.24) is 0 Å². The Morgan fingerprint density at radius 2 is 2.15 bits per heavy atom. The topological polar surface area (TPSA) is 123 Å². The smallest absolute Gasteiger partial charge is 0.341 e. The molecule has 0 bridgehead atoms. The van der Waals surface area contributed by atoms with Crippen molar-refractivity contribution in [2.45, 2.75) is 0 Å². The zero-order chi connectivity index (χ0) is 20.0. The van der Waals surface area contributed by atoms with Crippen LogP contribution in [0.5, 0.6) is 11.5 Å². The molecule has 0 atom stereocenters. The maximum Gasteiger partial charge on any atom is 0.341 e. The van der Waals surface area contributed by atoms with E-state index in [4.69, 9.17) is 26.2 Å². The molecule has 2 aromatic rings. The first-order chi connectivity index (χ1) is 12.8. The third-order valence-corrected chi connectivity index (χ3v) is 3.67. The number of carboxylic acids is 1. The molecule has 0 radical (unpaired) electrons. The highest BCUT2D eigenvalue weighted by Gasteiger charge is 2.14. The lowest BCUT2D eigenvalue weighted by Gasteiger charge is -2.12. The van der Waals surface area contributed by atoms with Crippen LogP contribution in [0.4, 0.5) is 5.69 Å². The van der Waals surface area contributed by atoms with Gasteiger partial charge in [-0.3, -0.25) is 10.1 Å². The fourth-order valence-electron chi connectivity index (χ4n) is 2.23. The Kier molecular flexibility index (Phi) is 6.36. The lowest BCUT2D eigenvalue weighted by atomic mass is 10.0. The number of methoxy groups -OCH3 is 1. The summed E-state index contributed by atoms with van der Waals surface area (Å²) < 4.78 is 10.3. The number of ether oxygens (including phenoxy) is 2. The van der Waals surface area contributed by atoms with Crippen molar-refractivity contribution in [3.05, 3.63) is 62.7 Å². The van der Waals surface area contributed by atoms with Crippen LogP contribution >= 0.6 is 11.6 Å². The number of allylic oxidation sites excluding steroid dienone is 1. The van der Waals surface area contributed by atoms with Gasteiger partial charge in [-0.2, -0.15) is 5.26 Å². The van der Waals surface area contributed by atoms with Crippen LogP contribution in [-0.2, 0) is 4.79 Å². The predicted octanol–water partition coefficient (Wildman–Crippen LogP) is 3.78. The van der Waals surface area contributed by atoms with E-state index in [-0.39, 0.29) is 27.8 Å². The van der Waals surface area contributed by atoms with E-state index in [1.54, 1.807) is 6.07 Å². The first kappa shape index (κ1) is 19.8. The Hall–Kier alpha value is -3.57. The number of nitro benzene ring substituents is 1. The SMILES string of the molecule is COc1cc(/C=C(/C#N)c2cccc([N+](=O)[O-])c2)cc(Cl)c1OCC(=O)O. The van der Waals surface area contributed by atoms with E-state index < -0.39 is 17.5 Å². The van der Waals surface area contributed by atoms with E-state index in [1.807, 2.05) is 6.07 Å². The average Bonchev–Trinajstić information content (AvgIpc) is 2.64. The summed E-state index contributed by atoms with van der Waals surface area (Å²) in [4.78, 5) is 21.0. The molecule has 9 heteroatoms. The van der Waals surface area contributed by atoms with E-state index in [1.165, 1.54) is 43.5 Å². The van der Waals surface area contributed by atoms with Crippen molar-refractivity contribution in [2.24, 2.45) is 0 Å². The van der Waals surface area contributed by atoms with E-state index in [0.717, 1.165) is 0 Å². The van der Waals surface area contributed by atoms with Gasteiger partial charge in [0.1, 0.15) is 0 Å². The number of nitro groups is 1. The second-order valence-corrected chi connectivity index (χ2v) is 5.60. The molecule has 1 N–H and O–H groups in total. The normalized spacial score (nSPS) is 10.8. The number of benzene rings is 2. The zero-order valence-corrected chi connectivity index (χ0v) is 14.8. The molecule has 138 valence electrons. The van der Waals surface area contributed by atoms with E-state index in [9.17, 15) is 20.2 Å². The van der Waals surface area contributed by atoms with Gasteiger partial charge in [0.25, 0.3) is 5.69 Å². The molecule has 0 amide bonds. The molecular weight excluding hydrogens is 376 g/mol. The molecule has 0 fully saturated rings. The molecule has 0 saturated carbocycles. The van der Waals surface area contributed by atoms with Crippen molar-refractivity contribution in [1.29, 1.82) is 5.26 Å². The summed E-state index contributed by atoms with van der Waals surface area (Å²) in [6.45, 7) is -0.595. The summed E-state index contributed by atoms with van der Waals surface area (Å²) in [7, 11) is 1.36. The Labute approximate surface area is 159 Å². The third kappa shape index (κ3) is 4.96. The number of hydrogen-bond donors (Lipinski definition) is 1. The number of non-ortho nitro benzene ring substituents is 1. The number of carboxylic acid groups (broad SMARTS) is 1. The number of nitrogens with zero attached hydrogens (tertiary/aromatic N) is 2. The molecule has 0 aliphatic heterocycles. The monoisotopic (exact) mass is 388 g/mol. The number of nitriles is 1. The van der Waals surface area contributed by atoms with Gasteiger partial charge >= 0.3 is 5.97 Å². The van der Waals surface area contributed by atoms with Crippen LogP contribution in [0.1, 0.15) is 11.1 Å². The van der Waals surface area contributed by atoms with E-state index >= 15 is 0 Å². The highest BCUT2D eigenvalue weighted by molar-refractivity contribution is 6.32. The first-order valence-corrected chi connectivity index (χ1v) is 7.82. The number of aliphatic carboxylic acids is 1. The summed E-state index contributed by atoms with van der Waals surface area (Å²) in [5, 5.41) is 29.2. The van der Waals surface area contributed by atoms with E-state index in [0.29, 0.717) is 11.1 Å². The molecule has 0 unspecified atom stereocenters. The van der Waals surface area contributed by atoms with Gasteiger partial charge < -0.3 is 14.6 Å². The lowest BCUT2D eigenvalue weighted by Crippen LogP contribution is -2.10. The molecule has 0 aromatic heterocycles. The maximum absolute atomic E-state index is 10.9. The molecular formula is C18H13ClN2O6. The van der Waals surface area contributed by atoms with Gasteiger partial charge in [-0.05, 0) is 29.3 Å². The fraction of sp³-hybridized carbons (Fsp3) is 0.111. The summed E-state index contributed by atoms with van der Waals surface area (Å²) >= 11 is 6.14. The summed E-state index contributed by atoms with van der Waals surface area (Å²) in [6, 6.07) is 10.6. The minimum atomic E-state index is -1.17. The highest BCUT2D eigenvalue weighted by Crippen LogP contribution is 2.37. The standard InChI is InChI=1S/C18H13ClN2O6/c1-26-16-7-11(6-15(19)18(16)27-10-17(22)23)5-13(9-20)12-3-2-4-14(8-12)21(24)25/h2-8H,10H2,1H3,(H,22,23)/b13-5-. The third-order valence-electron chi connectivity index (χ3n) is 3.39. The number of carbonyl (C=O) groups is 1. The number of rotatable bonds is 7. The van der Waals surface area contributed by atoms with Crippen molar-refractivity contribution in [3.63, 3.8) is 0 Å². The van der Waals surface area contributed by atoms with Gasteiger partial charge in [-0.1, -0.05) is 23.7 Å². The van der Waals surface area contributed by atoms with E-state index in [2.05, 4.69) is 0 Å². The minimum absolute atomic E-state index is 0.0626. The Morgan fingerprint density at radius 3 is 2.74 bits per heavy atom. The quantitative estimate of drug-likeness (QED) is 0.331. The van der Waals surface area contributed by atoms with Crippen LogP contribution in [-0.4, -0.2) is 29.7 Å². The Morgan fingerprint density at radius 1 is 1.41 bits per heavy atom. The van der Waals surface area contributed by atoms with Crippen molar-refractivity contribution in [2.75, 3.05) is 13.7 Å². The van der Waals surface area contributed by atoms with Crippen LogP contribution in [0.15, 0.2) is 36.4 Å². The predicted molar refractivity (Wildman–Crippen MR) is 97.7 cm³/mol. The molecule has 0 aliphatic rings. The maximum atomic E-state index is 10.9. The van der Waals surface area contributed by atoms with Crippen LogP contribution in [0.3, 0.4) is 0 Å². The highest BCUT2D eigenvalue weighted by atomic mass is 35.5. The molecule has 2 aromatic carbocycles. The van der Waals surface area contributed by atoms with Crippen molar-refractivity contribution >= 4 is 34.9 Å². The Bertz CT molecular complexity index is 965. The van der Waals surface area contributed by atoms with Crippen LogP contribution in [0, 0.1) is 21.4 Å². The largest absolute Gasteiger partial charge is 0.493 e. The molecule has 27 heavy (non-hydrogen) atoms. The van der Waals surface area contributed by atoms with Crippen LogP contribution in [0.2, 0.25) is 5.02 Å². The summed E-state index contributed by atoms with van der Waals surface area (Å²) in [6.07, 6.45) is 1.48. The molecule has 0 heterocycles. The van der Waals surface area contributed by atoms with Gasteiger partial charge in [-0.15, -0.1) is 0 Å². The molecule has 0 saturated heterocycles. The second kappa shape index (κ2) is 8.69. The lowest BCUT2D eigenvalue weighted by molar-refractivity contribution is -0.384. The Balaban J connectivity index is 2.45. The van der Waals surface area contributed by atoms with Crippen LogP contribution in [0.25, 0.3) is 11.6 Å². The molecule has 0 aliphatic carbocycles. The average molecular weight is 389 g/mol. The minimum Gasteiger partial charge on any atom is -0.493 e.